The Bertz CT molecular complexity index is 867. The number of ketones is 1. The molecule has 0 spiro atoms. The summed E-state index contributed by atoms with van der Waals surface area (Å²) >= 11 is 0. The van der Waals surface area contributed by atoms with Gasteiger partial charge >= 0.3 is 12.0 Å². The summed E-state index contributed by atoms with van der Waals surface area (Å²) < 4.78 is 0. The van der Waals surface area contributed by atoms with Crippen LogP contribution in [0.15, 0.2) is 0 Å². The normalized spacial score (nSPS) is 20.3. The van der Waals surface area contributed by atoms with Crippen molar-refractivity contribution in [1.29, 1.82) is 0 Å². The summed E-state index contributed by atoms with van der Waals surface area (Å²) in [6, 6.07) is -3.93. The van der Waals surface area contributed by atoms with E-state index in [1.54, 1.807) is 27.7 Å². The Morgan fingerprint density at radius 2 is 1.64 bits per heavy atom. The standard InChI is InChI=1S/C24H41N5O7/c1-8-13(4)16(22(34)35)27-23(36)28-18(24(5,6)7)21(33)29-10-9-14(12(2)3)17(29)20(32)26-11-15(30)19(25)31/h12-14,16-18H,8-11H2,1-7H3,(H2,25,31)(H,26,32)(H,34,35)(H2,27,28,36)/t13-,14+,16-,17-,18+/m0/s1. The SMILES string of the molecule is CC[C@H](C)[C@H](NC(=O)N[C@H](C(=O)N1CC[C@H](C(C)C)[C@H]1C(=O)NCC(=O)C(N)=O)C(C)(C)C)C(=O)O. The average Bonchev–Trinajstić information content (AvgIpc) is 3.22. The molecule has 1 aliphatic rings. The van der Waals surface area contributed by atoms with Crippen LogP contribution in [-0.4, -0.2) is 76.7 Å². The summed E-state index contributed by atoms with van der Waals surface area (Å²) in [6.45, 7) is 12.3. The first-order chi connectivity index (χ1) is 16.5. The van der Waals surface area contributed by atoms with Gasteiger partial charge in [-0.15, -0.1) is 0 Å². The number of amides is 5. The van der Waals surface area contributed by atoms with Gasteiger partial charge in [0, 0.05) is 6.54 Å². The van der Waals surface area contributed by atoms with Crippen LogP contribution in [0.3, 0.4) is 0 Å². The first kappa shape index (κ1) is 30.9. The van der Waals surface area contributed by atoms with Gasteiger partial charge in [0.1, 0.15) is 18.1 Å². The number of urea groups is 1. The average molecular weight is 512 g/mol. The lowest BCUT2D eigenvalue weighted by Crippen LogP contribution is -2.61. The fourth-order valence-corrected chi connectivity index (χ4v) is 4.27. The van der Waals surface area contributed by atoms with Crippen molar-refractivity contribution < 1.29 is 33.9 Å². The van der Waals surface area contributed by atoms with E-state index in [9.17, 15) is 33.9 Å². The van der Waals surface area contributed by atoms with Crippen molar-refractivity contribution in [3.8, 4) is 0 Å². The van der Waals surface area contributed by atoms with Gasteiger partial charge in [-0.2, -0.15) is 0 Å². The number of likely N-dealkylation sites (tertiary alicyclic amines) is 1. The molecule has 1 aliphatic heterocycles. The summed E-state index contributed by atoms with van der Waals surface area (Å²) in [6.07, 6.45) is 1.06. The molecule has 0 radical (unpaired) electrons. The van der Waals surface area contributed by atoms with Crippen LogP contribution in [0.1, 0.15) is 61.3 Å². The molecule has 1 saturated heterocycles. The minimum atomic E-state index is -1.18. The highest BCUT2D eigenvalue weighted by molar-refractivity contribution is 6.36. The summed E-state index contributed by atoms with van der Waals surface area (Å²) in [5.74, 6) is -4.92. The molecule has 1 rings (SSSR count). The largest absolute Gasteiger partial charge is 0.480 e. The van der Waals surface area contributed by atoms with Crippen LogP contribution in [0.4, 0.5) is 4.79 Å². The third-order valence-electron chi connectivity index (χ3n) is 6.70. The number of nitrogens with one attached hydrogen (secondary N) is 3. The Labute approximate surface area is 212 Å². The molecule has 0 aromatic rings. The molecule has 6 N–H and O–H groups in total. The third kappa shape index (κ3) is 7.92. The van der Waals surface area contributed by atoms with Gasteiger partial charge in [0.2, 0.25) is 17.6 Å². The van der Waals surface area contributed by atoms with Crippen LogP contribution in [-0.2, 0) is 24.0 Å². The van der Waals surface area contributed by atoms with Gasteiger partial charge in [-0.1, -0.05) is 54.9 Å². The summed E-state index contributed by atoms with van der Waals surface area (Å²) in [5, 5.41) is 16.9. The molecule has 0 aromatic carbocycles. The number of carboxylic acid groups (broad SMARTS) is 1. The Hall–Kier alpha value is -3.18. The van der Waals surface area contributed by atoms with Gasteiger partial charge in [0.25, 0.3) is 5.91 Å². The van der Waals surface area contributed by atoms with Crippen LogP contribution in [0.5, 0.6) is 0 Å². The third-order valence-corrected chi connectivity index (χ3v) is 6.70. The number of aliphatic carboxylic acids is 1. The van der Waals surface area contributed by atoms with Crippen molar-refractivity contribution >= 4 is 35.5 Å². The van der Waals surface area contributed by atoms with Crippen LogP contribution in [0, 0.1) is 23.2 Å². The first-order valence-corrected chi connectivity index (χ1v) is 12.2. The zero-order chi connectivity index (χ0) is 28.0. The van der Waals surface area contributed by atoms with E-state index < -0.39 is 65.6 Å². The molecular formula is C24H41N5O7. The zero-order valence-electron chi connectivity index (χ0n) is 22.2. The van der Waals surface area contributed by atoms with E-state index >= 15 is 0 Å². The number of carbonyl (C=O) groups is 6. The van der Waals surface area contributed by atoms with Crippen LogP contribution in [0.2, 0.25) is 0 Å². The van der Waals surface area contributed by atoms with E-state index in [2.05, 4.69) is 16.0 Å². The molecule has 0 unspecified atom stereocenters. The number of rotatable bonds is 11. The molecule has 0 bridgehead atoms. The van der Waals surface area contributed by atoms with E-state index in [0.717, 1.165) is 0 Å². The smallest absolute Gasteiger partial charge is 0.326 e. The summed E-state index contributed by atoms with van der Waals surface area (Å²) in [7, 11) is 0. The van der Waals surface area contributed by atoms with Crippen LogP contribution >= 0.6 is 0 Å². The molecule has 5 amide bonds. The lowest BCUT2D eigenvalue weighted by molar-refractivity contribution is -0.143. The minimum Gasteiger partial charge on any atom is -0.480 e. The maximum Gasteiger partial charge on any atom is 0.326 e. The zero-order valence-corrected chi connectivity index (χ0v) is 22.2. The van der Waals surface area contributed by atoms with Crippen molar-refractivity contribution in [2.45, 2.75) is 79.4 Å². The number of nitrogens with zero attached hydrogens (tertiary/aromatic N) is 1. The number of nitrogens with two attached hydrogens (primary N) is 1. The van der Waals surface area contributed by atoms with E-state index in [0.29, 0.717) is 12.8 Å². The van der Waals surface area contributed by atoms with Gasteiger partial charge in [-0.25, -0.2) is 9.59 Å². The van der Waals surface area contributed by atoms with Crippen molar-refractivity contribution in [3.05, 3.63) is 0 Å². The lowest BCUT2D eigenvalue weighted by atomic mass is 9.84. The Morgan fingerprint density at radius 3 is 2.08 bits per heavy atom. The number of carboxylic acids is 1. The number of Topliss-reactive ketones (excluding diaryl/α,β-unsaturated/α-hetero) is 1. The van der Waals surface area contributed by atoms with Crippen molar-refractivity contribution in [2.24, 2.45) is 28.9 Å². The lowest BCUT2D eigenvalue weighted by Gasteiger charge is -2.37. The van der Waals surface area contributed by atoms with Crippen LogP contribution < -0.4 is 21.7 Å². The van der Waals surface area contributed by atoms with E-state index in [-0.39, 0.29) is 24.3 Å². The topological polar surface area (TPSA) is 188 Å². The molecule has 204 valence electrons. The van der Waals surface area contributed by atoms with Crippen molar-refractivity contribution in [1.82, 2.24) is 20.9 Å². The molecule has 0 aromatic heterocycles. The summed E-state index contributed by atoms with van der Waals surface area (Å²) in [4.78, 5) is 75.2. The van der Waals surface area contributed by atoms with Crippen LogP contribution in [0.25, 0.3) is 0 Å². The molecule has 12 nitrogen and oxygen atoms in total. The van der Waals surface area contributed by atoms with Crippen molar-refractivity contribution in [3.63, 3.8) is 0 Å². The Kier molecular flexibility index (Phi) is 10.9. The van der Waals surface area contributed by atoms with Crippen molar-refractivity contribution in [2.75, 3.05) is 13.1 Å². The quantitative estimate of drug-likeness (QED) is 0.246. The Morgan fingerprint density at radius 1 is 1.06 bits per heavy atom. The van der Waals surface area contributed by atoms with E-state index in [1.807, 2.05) is 20.8 Å². The van der Waals surface area contributed by atoms with E-state index in [1.165, 1.54) is 4.90 Å². The second kappa shape index (κ2) is 12.7. The highest BCUT2D eigenvalue weighted by atomic mass is 16.4. The first-order valence-electron chi connectivity index (χ1n) is 12.2. The molecule has 12 heteroatoms. The number of hydrogen-bond acceptors (Lipinski definition) is 6. The second-order valence-electron chi connectivity index (χ2n) is 10.8. The van der Waals surface area contributed by atoms with Gasteiger partial charge < -0.3 is 31.7 Å². The predicted octanol–water partition coefficient (Wildman–Crippen LogP) is 0.243. The van der Waals surface area contributed by atoms with Gasteiger partial charge in [0.15, 0.2) is 0 Å². The maximum atomic E-state index is 13.7. The fourth-order valence-electron chi connectivity index (χ4n) is 4.27. The molecule has 0 saturated carbocycles. The highest BCUT2D eigenvalue weighted by Crippen LogP contribution is 2.33. The molecule has 1 heterocycles. The molecular weight excluding hydrogens is 470 g/mol. The van der Waals surface area contributed by atoms with Gasteiger partial charge in [-0.05, 0) is 29.6 Å². The Balaban J connectivity index is 3.17. The molecule has 36 heavy (non-hydrogen) atoms. The second-order valence-corrected chi connectivity index (χ2v) is 10.8. The predicted molar refractivity (Wildman–Crippen MR) is 131 cm³/mol. The van der Waals surface area contributed by atoms with E-state index in [4.69, 9.17) is 5.73 Å². The summed E-state index contributed by atoms with van der Waals surface area (Å²) in [5.41, 5.74) is 4.18. The number of primary amides is 1. The number of carbonyl (C=O) groups excluding carboxylic acids is 5. The molecule has 5 atom stereocenters. The highest BCUT2D eigenvalue weighted by Gasteiger charge is 2.47. The van der Waals surface area contributed by atoms with Gasteiger partial charge in [0.05, 0.1) is 6.54 Å². The maximum absolute atomic E-state index is 13.7. The molecule has 0 aliphatic carbocycles. The van der Waals surface area contributed by atoms with Gasteiger partial charge in [-0.3, -0.25) is 19.2 Å². The fraction of sp³-hybridized carbons (Fsp3) is 0.750. The monoisotopic (exact) mass is 511 g/mol. The molecule has 1 fully saturated rings. The minimum absolute atomic E-state index is 0.0293. The number of hydrogen-bond donors (Lipinski definition) is 5.